The number of carboxylic acids is 1. The largest absolute Gasteiger partial charge is 0.480 e. The molecule has 1 aliphatic rings. The van der Waals surface area contributed by atoms with Gasteiger partial charge in [-0.3, -0.25) is 19.2 Å². The molecule has 188 valence electrons. The number of amides is 4. The average Bonchev–Trinajstić information content (AvgIpc) is 3.49. The summed E-state index contributed by atoms with van der Waals surface area (Å²) in [7, 11) is 0. The molecule has 4 unspecified atom stereocenters. The zero-order valence-electron chi connectivity index (χ0n) is 18.8. The fourth-order valence-corrected chi connectivity index (χ4v) is 3.93. The fraction of sp³-hybridized carbons (Fsp3) is 0.600. The lowest BCUT2D eigenvalue weighted by Crippen LogP contribution is -2.58. The molecule has 1 fully saturated rings. The Bertz CT molecular complexity index is 860. The highest BCUT2D eigenvalue weighted by atomic mass is 32.2. The van der Waals surface area contributed by atoms with E-state index in [2.05, 4.69) is 31.2 Å². The molecule has 2 heterocycles. The number of aromatic amines is 1. The summed E-state index contributed by atoms with van der Waals surface area (Å²) in [6, 6.07) is -4.12. The van der Waals surface area contributed by atoms with Crippen LogP contribution >= 0.6 is 11.8 Å². The Kier molecular flexibility index (Phi) is 10.8. The molecule has 13 nitrogen and oxygen atoms in total. The van der Waals surface area contributed by atoms with E-state index in [1.807, 2.05) is 0 Å². The van der Waals surface area contributed by atoms with Gasteiger partial charge >= 0.3 is 5.97 Å². The maximum atomic E-state index is 13.1. The van der Waals surface area contributed by atoms with E-state index in [1.54, 1.807) is 6.26 Å². The molecular weight excluding hydrogens is 466 g/mol. The molecule has 2 rings (SSSR count). The molecule has 0 radical (unpaired) electrons. The van der Waals surface area contributed by atoms with Crippen molar-refractivity contribution in [3.8, 4) is 0 Å². The molecule has 0 saturated carbocycles. The van der Waals surface area contributed by atoms with Crippen LogP contribution in [-0.2, 0) is 30.4 Å². The highest BCUT2D eigenvalue weighted by Gasteiger charge is 2.32. The first-order valence-corrected chi connectivity index (χ1v) is 12.2. The van der Waals surface area contributed by atoms with Crippen molar-refractivity contribution in [3.63, 3.8) is 0 Å². The van der Waals surface area contributed by atoms with Crippen LogP contribution in [0.5, 0.6) is 0 Å². The summed E-state index contributed by atoms with van der Waals surface area (Å²) in [4.78, 5) is 68.2. The number of primary amides is 1. The van der Waals surface area contributed by atoms with E-state index in [4.69, 9.17) is 5.73 Å². The third-order valence-corrected chi connectivity index (χ3v) is 5.90. The molecule has 14 heteroatoms. The number of aliphatic carboxylic acids is 1. The lowest BCUT2D eigenvalue weighted by molar-refractivity contribution is -0.142. The molecule has 8 N–H and O–H groups in total. The van der Waals surface area contributed by atoms with Gasteiger partial charge < -0.3 is 37.1 Å². The van der Waals surface area contributed by atoms with E-state index < -0.39 is 54.3 Å². The summed E-state index contributed by atoms with van der Waals surface area (Å²) in [5.41, 5.74) is 5.81. The summed E-state index contributed by atoms with van der Waals surface area (Å²) in [6.07, 6.45) is 5.85. The van der Waals surface area contributed by atoms with Crippen molar-refractivity contribution >= 4 is 41.4 Å². The zero-order valence-corrected chi connectivity index (χ0v) is 19.7. The van der Waals surface area contributed by atoms with Crippen molar-refractivity contribution in [2.45, 2.75) is 56.3 Å². The van der Waals surface area contributed by atoms with Gasteiger partial charge in [-0.05, 0) is 37.8 Å². The maximum absolute atomic E-state index is 13.1. The number of hydrogen-bond acceptors (Lipinski definition) is 8. The Labute approximate surface area is 200 Å². The average molecular weight is 498 g/mol. The number of carbonyl (C=O) groups excluding carboxylic acids is 4. The quantitative estimate of drug-likeness (QED) is 0.149. The molecule has 0 aromatic carbocycles. The van der Waals surface area contributed by atoms with Crippen LogP contribution in [0.4, 0.5) is 0 Å². The minimum atomic E-state index is -1.41. The number of nitrogens with one attached hydrogen (secondary N) is 5. The summed E-state index contributed by atoms with van der Waals surface area (Å²) in [5.74, 6) is -3.56. The zero-order chi connectivity index (χ0) is 25.1. The maximum Gasteiger partial charge on any atom is 0.326 e. The molecule has 0 spiro atoms. The van der Waals surface area contributed by atoms with Crippen molar-refractivity contribution in [3.05, 3.63) is 18.2 Å². The summed E-state index contributed by atoms with van der Waals surface area (Å²) < 4.78 is 0. The summed E-state index contributed by atoms with van der Waals surface area (Å²) >= 11 is 1.41. The first-order valence-electron chi connectivity index (χ1n) is 10.8. The molecule has 1 saturated heterocycles. The highest BCUT2D eigenvalue weighted by Crippen LogP contribution is 2.08. The number of nitrogens with two attached hydrogens (primary N) is 1. The van der Waals surface area contributed by atoms with Gasteiger partial charge in [0.25, 0.3) is 0 Å². The van der Waals surface area contributed by atoms with Crippen LogP contribution < -0.4 is 27.0 Å². The van der Waals surface area contributed by atoms with Gasteiger partial charge in [0.15, 0.2) is 0 Å². The molecule has 1 aromatic heterocycles. The van der Waals surface area contributed by atoms with Crippen molar-refractivity contribution < 1.29 is 29.1 Å². The Hall–Kier alpha value is -3.13. The molecule has 0 aliphatic carbocycles. The predicted octanol–water partition coefficient (Wildman–Crippen LogP) is -2.13. The number of thioether (sulfide) groups is 1. The van der Waals surface area contributed by atoms with Crippen LogP contribution in [-0.4, -0.2) is 87.4 Å². The summed E-state index contributed by atoms with van der Waals surface area (Å²) in [6.45, 7) is 0.692. The normalized spacial score (nSPS) is 17.9. The highest BCUT2D eigenvalue weighted by molar-refractivity contribution is 7.98. The number of nitrogens with zero attached hydrogens (tertiary/aromatic N) is 1. The van der Waals surface area contributed by atoms with Gasteiger partial charge in [0.05, 0.1) is 18.8 Å². The standard InChI is InChI=1S/C20H31N7O6S/c1-34-6-4-13(20(32)33)25-19(31)15(8-16(21)28)27-18(30)14(7-11-9-22-10-24-11)26-17(29)12-3-2-5-23-12/h9-10,12-15,23H,2-8H2,1H3,(H2,21,28)(H,22,24)(H,25,31)(H,26,29)(H,27,30)(H,32,33). The van der Waals surface area contributed by atoms with Crippen molar-refractivity contribution in [1.82, 2.24) is 31.2 Å². The summed E-state index contributed by atoms with van der Waals surface area (Å²) in [5, 5.41) is 19.9. The van der Waals surface area contributed by atoms with Crippen molar-refractivity contribution in [1.29, 1.82) is 0 Å². The Morgan fingerprint density at radius 3 is 2.44 bits per heavy atom. The molecule has 4 amide bonds. The van der Waals surface area contributed by atoms with E-state index >= 15 is 0 Å². The van der Waals surface area contributed by atoms with E-state index in [-0.39, 0.29) is 18.7 Å². The monoisotopic (exact) mass is 497 g/mol. The van der Waals surface area contributed by atoms with E-state index in [0.29, 0.717) is 24.4 Å². The number of imidazole rings is 1. The van der Waals surface area contributed by atoms with Gasteiger partial charge in [-0.1, -0.05) is 0 Å². The van der Waals surface area contributed by atoms with E-state index in [0.717, 1.165) is 6.42 Å². The number of H-pyrrole nitrogens is 1. The topological polar surface area (TPSA) is 208 Å². The minimum Gasteiger partial charge on any atom is -0.480 e. The number of carbonyl (C=O) groups is 5. The van der Waals surface area contributed by atoms with Crippen LogP contribution in [0.2, 0.25) is 0 Å². The first-order chi connectivity index (χ1) is 16.2. The van der Waals surface area contributed by atoms with Gasteiger partial charge in [-0.2, -0.15) is 11.8 Å². The van der Waals surface area contributed by atoms with Crippen molar-refractivity contribution in [2.75, 3.05) is 18.6 Å². The predicted molar refractivity (Wildman–Crippen MR) is 124 cm³/mol. The number of rotatable bonds is 14. The van der Waals surface area contributed by atoms with Crippen LogP contribution in [0, 0.1) is 0 Å². The SMILES string of the molecule is CSCCC(NC(=O)C(CC(N)=O)NC(=O)C(Cc1cnc[nH]1)NC(=O)C1CCCN1)C(=O)O. The van der Waals surface area contributed by atoms with Gasteiger partial charge in [0.2, 0.25) is 23.6 Å². The van der Waals surface area contributed by atoms with Crippen LogP contribution in [0.25, 0.3) is 0 Å². The molecule has 1 aliphatic heterocycles. The Balaban J connectivity index is 2.13. The fourth-order valence-electron chi connectivity index (χ4n) is 3.45. The molecule has 4 atom stereocenters. The molecule has 0 bridgehead atoms. The third kappa shape index (κ3) is 8.67. The lowest BCUT2D eigenvalue weighted by atomic mass is 10.1. The van der Waals surface area contributed by atoms with Crippen molar-refractivity contribution in [2.24, 2.45) is 5.73 Å². The number of aromatic nitrogens is 2. The lowest BCUT2D eigenvalue weighted by Gasteiger charge is -2.24. The number of hydrogen-bond donors (Lipinski definition) is 7. The molecule has 1 aromatic rings. The Morgan fingerprint density at radius 2 is 1.88 bits per heavy atom. The minimum absolute atomic E-state index is 0.0562. The third-order valence-electron chi connectivity index (χ3n) is 5.25. The Morgan fingerprint density at radius 1 is 1.18 bits per heavy atom. The van der Waals surface area contributed by atoms with Gasteiger partial charge in [0.1, 0.15) is 18.1 Å². The second-order valence-corrected chi connectivity index (χ2v) is 8.89. The molecule has 34 heavy (non-hydrogen) atoms. The van der Waals surface area contributed by atoms with Gasteiger partial charge in [-0.25, -0.2) is 9.78 Å². The van der Waals surface area contributed by atoms with E-state index in [1.165, 1.54) is 24.3 Å². The first kappa shape index (κ1) is 27.1. The van der Waals surface area contributed by atoms with E-state index in [9.17, 15) is 29.1 Å². The van der Waals surface area contributed by atoms with Crippen LogP contribution in [0.3, 0.4) is 0 Å². The van der Waals surface area contributed by atoms with Crippen LogP contribution in [0.1, 0.15) is 31.4 Å². The number of carboxylic acid groups (broad SMARTS) is 1. The van der Waals surface area contributed by atoms with Gasteiger partial charge in [0, 0.05) is 18.3 Å². The van der Waals surface area contributed by atoms with Crippen LogP contribution in [0.15, 0.2) is 12.5 Å². The van der Waals surface area contributed by atoms with Gasteiger partial charge in [-0.15, -0.1) is 0 Å². The molecular formula is C20H31N7O6S. The second kappa shape index (κ2) is 13.5. The second-order valence-electron chi connectivity index (χ2n) is 7.90. The smallest absolute Gasteiger partial charge is 0.326 e.